The minimum absolute atomic E-state index is 0.237. The monoisotopic (exact) mass is 283 g/mol. The first-order chi connectivity index (χ1) is 10.1. The Bertz CT molecular complexity index is 698. The Labute approximate surface area is 122 Å². The first-order valence-electron chi connectivity index (χ1n) is 7.00. The van der Waals surface area contributed by atoms with E-state index >= 15 is 0 Å². The van der Waals surface area contributed by atoms with Crippen molar-refractivity contribution in [1.29, 1.82) is 0 Å². The third-order valence-electron chi connectivity index (χ3n) is 3.66. The van der Waals surface area contributed by atoms with E-state index in [2.05, 4.69) is 4.98 Å². The molecule has 2 aromatic rings. The van der Waals surface area contributed by atoms with E-state index in [1.54, 1.807) is 18.2 Å². The summed E-state index contributed by atoms with van der Waals surface area (Å²) in [7, 11) is 0. The number of hydrogen-bond acceptors (Lipinski definition) is 4. The number of hydrogen-bond donors (Lipinski definition) is 2. The van der Waals surface area contributed by atoms with E-state index in [-0.39, 0.29) is 5.88 Å². The van der Waals surface area contributed by atoms with Crippen LogP contribution < -0.4 is 16.2 Å². The van der Waals surface area contributed by atoms with E-state index in [0.717, 1.165) is 36.9 Å². The second-order valence-electron chi connectivity index (χ2n) is 5.16. The number of rotatable bonds is 3. The Balaban J connectivity index is 2.04. The Kier molecular flexibility index (Phi) is 3.48. The minimum atomic E-state index is -0.541. The van der Waals surface area contributed by atoms with Gasteiger partial charge in [0.05, 0.1) is 5.69 Å². The van der Waals surface area contributed by atoms with Crippen LogP contribution in [0.15, 0.2) is 30.3 Å². The Morgan fingerprint density at radius 1 is 1.19 bits per heavy atom. The van der Waals surface area contributed by atoms with Crippen molar-refractivity contribution >= 4 is 11.6 Å². The summed E-state index contributed by atoms with van der Waals surface area (Å²) in [6.45, 7) is 0. The molecule has 0 fully saturated rings. The molecular formula is C16H17N3O2. The number of carbonyl (C=O) groups is 1. The van der Waals surface area contributed by atoms with E-state index in [9.17, 15) is 4.79 Å². The molecule has 5 nitrogen and oxygen atoms in total. The van der Waals surface area contributed by atoms with Crippen LogP contribution in [0.25, 0.3) is 0 Å². The van der Waals surface area contributed by atoms with Gasteiger partial charge in [0, 0.05) is 5.69 Å². The zero-order valence-corrected chi connectivity index (χ0v) is 11.6. The number of nitrogens with zero attached hydrogens (tertiary/aromatic N) is 1. The normalized spacial score (nSPS) is 13.5. The summed E-state index contributed by atoms with van der Waals surface area (Å²) in [5.41, 5.74) is 14.2. The molecule has 0 atom stereocenters. The number of primary amides is 1. The Hall–Kier alpha value is -2.56. The van der Waals surface area contributed by atoms with Gasteiger partial charge in [-0.25, -0.2) is 4.98 Å². The summed E-state index contributed by atoms with van der Waals surface area (Å²) in [6.07, 6.45) is 4.03. The molecule has 1 amide bonds. The number of ether oxygens (including phenoxy) is 1. The number of para-hydroxylation sites is 2. The average molecular weight is 283 g/mol. The van der Waals surface area contributed by atoms with E-state index < -0.39 is 5.91 Å². The average Bonchev–Trinajstić information content (AvgIpc) is 2.48. The first-order valence-corrected chi connectivity index (χ1v) is 7.00. The van der Waals surface area contributed by atoms with Crippen molar-refractivity contribution in [3.05, 3.63) is 47.2 Å². The van der Waals surface area contributed by atoms with Crippen molar-refractivity contribution in [2.24, 2.45) is 5.73 Å². The molecule has 4 N–H and O–H groups in total. The molecule has 3 rings (SSSR count). The van der Waals surface area contributed by atoms with Crippen molar-refractivity contribution in [3.8, 4) is 11.6 Å². The lowest BCUT2D eigenvalue weighted by molar-refractivity contribution is 0.0997. The molecule has 21 heavy (non-hydrogen) atoms. The van der Waals surface area contributed by atoms with Gasteiger partial charge < -0.3 is 16.2 Å². The highest BCUT2D eigenvalue weighted by atomic mass is 16.5. The lowest BCUT2D eigenvalue weighted by atomic mass is 9.95. The number of anilines is 1. The van der Waals surface area contributed by atoms with Gasteiger partial charge >= 0.3 is 0 Å². The summed E-state index contributed by atoms with van der Waals surface area (Å²) >= 11 is 0. The topological polar surface area (TPSA) is 91.2 Å². The minimum Gasteiger partial charge on any atom is -0.436 e. The van der Waals surface area contributed by atoms with Crippen LogP contribution in [-0.4, -0.2) is 10.9 Å². The fourth-order valence-electron chi connectivity index (χ4n) is 2.55. The van der Waals surface area contributed by atoms with Crippen LogP contribution in [0, 0.1) is 0 Å². The van der Waals surface area contributed by atoms with Crippen molar-refractivity contribution in [2.45, 2.75) is 25.7 Å². The molecular weight excluding hydrogens is 266 g/mol. The van der Waals surface area contributed by atoms with Crippen LogP contribution in [0.2, 0.25) is 0 Å². The highest BCUT2D eigenvalue weighted by Crippen LogP contribution is 2.31. The van der Waals surface area contributed by atoms with E-state index in [1.165, 1.54) is 0 Å². The molecule has 1 aliphatic rings. The van der Waals surface area contributed by atoms with Gasteiger partial charge in [-0.1, -0.05) is 12.1 Å². The molecule has 0 bridgehead atoms. The second-order valence-corrected chi connectivity index (χ2v) is 5.16. The highest BCUT2D eigenvalue weighted by Gasteiger charge is 2.19. The van der Waals surface area contributed by atoms with Crippen LogP contribution >= 0.6 is 0 Å². The quantitative estimate of drug-likeness (QED) is 0.846. The van der Waals surface area contributed by atoms with Crippen molar-refractivity contribution in [3.63, 3.8) is 0 Å². The maximum absolute atomic E-state index is 11.7. The number of amides is 1. The number of nitrogen functional groups attached to an aromatic ring is 1. The third-order valence-corrected chi connectivity index (χ3v) is 3.66. The summed E-state index contributed by atoms with van der Waals surface area (Å²) in [4.78, 5) is 16.1. The molecule has 0 saturated heterocycles. The fourth-order valence-corrected chi connectivity index (χ4v) is 2.55. The van der Waals surface area contributed by atoms with Crippen molar-refractivity contribution < 1.29 is 9.53 Å². The summed E-state index contributed by atoms with van der Waals surface area (Å²) in [5.74, 6) is 0.171. The van der Waals surface area contributed by atoms with Crippen molar-refractivity contribution in [2.75, 3.05) is 5.73 Å². The second kappa shape index (κ2) is 5.44. The number of pyridine rings is 1. The summed E-state index contributed by atoms with van der Waals surface area (Å²) in [5, 5.41) is 0. The molecule has 0 aliphatic heterocycles. The van der Waals surface area contributed by atoms with Crippen LogP contribution in [0.1, 0.15) is 34.5 Å². The number of aromatic nitrogens is 1. The number of aryl methyl sites for hydroxylation is 2. The van der Waals surface area contributed by atoms with Gasteiger partial charge in [0.2, 0.25) is 5.88 Å². The largest absolute Gasteiger partial charge is 0.436 e. The van der Waals surface area contributed by atoms with Gasteiger partial charge in [-0.3, -0.25) is 4.79 Å². The van der Waals surface area contributed by atoms with E-state index in [0.29, 0.717) is 17.0 Å². The number of benzene rings is 1. The fraction of sp³-hybridized carbons (Fsp3) is 0.250. The van der Waals surface area contributed by atoms with Crippen LogP contribution in [0.5, 0.6) is 11.6 Å². The van der Waals surface area contributed by atoms with E-state index in [4.69, 9.17) is 16.2 Å². The molecule has 0 saturated carbocycles. The Morgan fingerprint density at radius 2 is 1.95 bits per heavy atom. The molecule has 1 aliphatic carbocycles. The van der Waals surface area contributed by atoms with Gasteiger partial charge in [-0.05, 0) is 49.4 Å². The predicted molar refractivity (Wildman–Crippen MR) is 80.3 cm³/mol. The SMILES string of the molecule is NC(=O)c1cc2c(nc1Oc1ccccc1N)CCCC2. The number of fused-ring (bicyclic) bond motifs is 1. The molecule has 1 aromatic carbocycles. The maximum Gasteiger partial charge on any atom is 0.254 e. The number of nitrogens with two attached hydrogens (primary N) is 2. The molecule has 0 unspecified atom stereocenters. The smallest absolute Gasteiger partial charge is 0.254 e. The van der Waals surface area contributed by atoms with E-state index in [1.807, 2.05) is 12.1 Å². The predicted octanol–water partition coefficient (Wildman–Crippen LogP) is 2.43. The Morgan fingerprint density at radius 3 is 2.71 bits per heavy atom. The lowest BCUT2D eigenvalue weighted by Gasteiger charge is -2.18. The molecule has 1 aromatic heterocycles. The third kappa shape index (κ3) is 2.67. The molecule has 0 spiro atoms. The zero-order chi connectivity index (χ0) is 14.8. The van der Waals surface area contributed by atoms with Crippen LogP contribution in [0.3, 0.4) is 0 Å². The summed E-state index contributed by atoms with van der Waals surface area (Å²) in [6, 6.07) is 8.91. The standard InChI is InChI=1S/C16H17N3O2/c17-12-6-2-4-8-14(12)21-16-11(15(18)20)9-10-5-1-3-7-13(10)19-16/h2,4,6,8-9H,1,3,5,7,17H2,(H2,18,20). The van der Waals surface area contributed by atoms with Crippen LogP contribution in [0.4, 0.5) is 5.69 Å². The number of carbonyl (C=O) groups excluding carboxylic acids is 1. The molecule has 0 radical (unpaired) electrons. The van der Waals surface area contributed by atoms with Gasteiger partial charge in [-0.15, -0.1) is 0 Å². The zero-order valence-electron chi connectivity index (χ0n) is 11.6. The summed E-state index contributed by atoms with van der Waals surface area (Å²) < 4.78 is 5.73. The molecule has 1 heterocycles. The highest BCUT2D eigenvalue weighted by molar-refractivity contribution is 5.95. The molecule has 5 heteroatoms. The first kappa shape index (κ1) is 13.4. The van der Waals surface area contributed by atoms with Gasteiger partial charge in [0.25, 0.3) is 5.91 Å². The lowest BCUT2D eigenvalue weighted by Crippen LogP contribution is -2.16. The molecule has 108 valence electrons. The van der Waals surface area contributed by atoms with Crippen LogP contribution in [-0.2, 0) is 12.8 Å². The van der Waals surface area contributed by atoms with Gasteiger partial charge in [-0.2, -0.15) is 0 Å². The maximum atomic E-state index is 11.7. The van der Waals surface area contributed by atoms with Crippen molar-refractivity contribution in [1.82, 2.24) is 4.98 Å². The van der Waals surface area contributed by atoms with Gasteiger partial charge in [0.15, 0.2) is 5.75 Å². The van der Waals surface area contributed by atoms with Gasteiger partial charge in [0.1, 0.15) is 5.56 Å².